The first-order valence-corrected chi connectivity index (χ1v) is 24.0. The predicted octanol–water partition coefficient (Wildman–Crippen LogP) is 5.30. The molecule has 0 spiro atoms. The molecule has 7 heterocycles. The van der Waals surface area contributed by atoms with Gasteiger partial charge in [-0.25, -0.2) is 15.2 Å². The summed E-state index contributed by atoms with van der Waals surface area (Å²) in [5.74, 6) is -1.54. The van der Waals surface area contributed by atoms with Gasteiger partial charge in [0.1, 0.15) is 18.1 Å². The van der Waals surface area contributed by atoms with Crippen molar-refractivity contribution in [3.05, 3.63) is 58.2 Å². The number of esters is 1. The summed E-state index contributed by atoms with van der Waals surface area (Å²) in [5, 5.41) is 8.23. The highest BCUT2D eigenvalue weighted by Gasteiger charge is 2.40. The minimum atomic E-state index is -1.05. The maximum atomic E-state index is 14.7. The number of ether oxygens (including phenoxy) is 3. The molecule has 16 nitrogen and oxygen atoms in total. The van der Waals surface area contributed by atoms with Crippen LogP contribution in [0.1, 0.15) is 76.8 Å². The fourth-order valence-electron chi connectivity index (χ4n) is 10.0. The number of amides is 4. The number of thiazole rings is 1. The van der Waals surface area contributed by atoms with Crippen LogP contribution in [0.25, 0.3) is 33.4 Å². The number of piperazine rings is 1. The van der Waals surface area contributed by atoms with Gasteiger partial charge in [0.25, 0.3) is 5.91 Å². The lowest BCUT2D eigenvalue weighted by Crippen LogP contribution is -2.64. The first kappa shape index (κ1) is 46.6. The summed E-state index contributed by atoms with van der Waals surface area (Å²) in [6, 6.07) is 7.67. The molecule has 4 aliphatic heterocycles. The Morgan fingerprint density at radius 3 is 2.71 bits per heavy atom. The van der Waals surface area contributed by atoms with Gasteiger partial charge in [-0.2, -0.15) is 0 Å². The van der Waals surface area contributed by atoms with Crippen molar-refractivity contribution in [3.63, 3.8) is 0 Å². The van der Waals surface area contributed by atoms with Gasteiger partial charge in [-0.3, -0.25) is 29.3 Å². The van der Waals surface area contributed by atoms with Gasteiger partial charge in [-0.1, -0.05) is 33.8 Å². The van der Waals surface area contributed by atoms with Gasteiger partial charge in [0.15, 0.2) is 0 Å². The Hall–Kier alpha value is -4.94. The molecule has 3 aromatic heterocycles. The molecule has 0 saturated carbocycles. The summed E-state index contributed by atoms with van der Waals surface area (Å²) in [6.45, 7) is 17.3. The number of aromatic nitrogens is 3. The molecule has 4 aliphatic rings. The molecule has 8 rings (SSSR count). The number of methoxy groups -OCH3 is 1. The molecule has 17 heteroatoms. The average Bonchev–Trinajstić information content (AvgIpc) is 3.90. The van der Waals surface area contributed by atoms with Gasteiger partial charge < -0.3 is 33.9 Å². The highest BCUT2D eigenvalue weighted by molar-refractivity contribution is 7.10. The molecular formula is C48H65N9O7S. The highest BCUT2D eigenvalue weighted by Crippen LogP contribution is 2.42. The van der Waals surface area contributed by atoms with Crippen LogP contribution in [-0.2, 0) is 48.0 Å². The van der Waals surface area contributed by atoms with Crippen molar-refractivity contribution in [1.29, 1.82) is 0 Å². The second kappa shape index (κ2) is 19.5. The van der Waals surface area contributed by atoms with E-state index in [1.807, 2.05) is 32.2 Å². The van der Waals surface area contributed by atoms with Gasteiger partial charge >= 0.3 is 12.0 Å². The summed E-state index contributed by atoms with van der Waals surface area (Å²) in [4.78, 5) is 72.7. The van der Waals surface area contributed by atoms with E-state index in [4.69, 9.17) is 24.2 Å². The molecule has 1 aromatic carbocycles. The fraction of sp³-hybridized carbons (Fsp3) is 0.583. The number of urea groups is 1. The number of hydrazine groups is 1. The standard InChI is InChI=1S/C48H65N9O7S/c1-9-56-39-15-14-31-22-34(39)35(43(56)33-12-10-16-49-41(33)30(4)62-8)24-48(5,6)28-64-46(60)36-13-11-17-57(52-36)45(59)37(23-40-50-38(31)27-65-40)51-44(58)42(29(2)3)53(7)47(61)55-19-18-54-20-21-63-26-32(54)25-55/h10,12,14-16,22,27,29-30,32,36-37,42,52H,9,11,13,17-21,23-26,28H2,1-8H3,(H,51,58)/t30-,32?,36-,37-,42?/m0/s1. The van der Waals surface area contributed by atoms with E-state index in [0.717, 1.165) is 57.8 Å². The fourth-order valence-corrected chi connectivity index (χ4v) is 10.9. The Kier molecular flexibility index (Phi) is 14.0. The molecule has 2 unspecified atom stereocenters. The molecule has 0 radical (unpaired) electrons. The number of rotatable bonds is 8. The largest absolute Gasteiger partial charge is 0.464 e. The number of likely N-dealkylation sites (N-methyl/N-ethyl adjacent to an activating group) is 1. The second-order valence-electron chi connectivity index (χ2n) is 19.1. The first-order chi connectivity index (χ1) is 31.2. The van der Waals surface area contributed by atoms with Crippen molar-refractivity contribution < 1.29 is 33.4 Å². The lowest BCUT2D eigenvalue weighted by Gasteiger charge is -2.45. The number of morpholine rings is 1. The SMILES string of the molecule is CCn1c(-c2cccnc2[C@H](C)OC)c2c3cc(ccc31)-c1csc(n1)C[C@H](NC(=O)C(C(C)C)N(C)C(=O)N1CCN3CCOCC3C1)C(=O)N1CCC[C@H](N1)C(=O)OCC(C)(C)C2. The smallest absolute Gasteiger partial charge is 0.324 e. The van der Waals surface area contributed by atoms with Gasteiger partial charge in [-0.05, 0) is 68.9 Å². The molecule has 3 fully saturated rings. The normalized spacial score (nSPS) is 22.8. The van der Waals surface area contributed by atoms with E-state index >= 15 is 0 Å². The lowest BCUT2D eigenvalue weighted by atomic mass is 9.84. The van der Waals surface area contributed by atoms with Crippen molar-refractivity contribution in [2.24, 2.45) is 11.3 Å². The Labute approximate surface area is 385 Å². The molecule has 6 bridgehead atoms. The summed E-state index contributed by atoms with van der Waals surface area (Å²) in [6.07, 6.45) is 3.29. The molecule has 4 aromatic rings. The number of cyclic esters (lactones) is 1. The Morgan fingerprint density at radius 1 is 1.12 bits per heavy atom. The van der Waals surface area contributed by atoms with E-state index in [2.05, 4.69) is 65.2 Å². The number of pyridine rings is 1. The monoisotopic (exact) mass is 911 g/mol. The number of hydrogen-bond acceptors (Lipinski definition) is 12. The van der Waals surface area contributed by atoms with Crippen LogP contribution in [0.2, 0.25) is 0 Å². The summed E-state index contributed by atoms with van der Waals surface area (Å²) in [5.41, 5.74) is 9.39. The Balaban J connectivity index is 1.15. The minimum absolute atomic E-state index is 0.105. The van der Waals surface area contributed by atoms with E-state index in [9.17, 15) is 19.2 Å². The number of aryl methyl sites for hydroxylation is 1. The highest BCUT2D eigenvalue weighted by atomic mass is 32.1. The molecule has 5 atom stereocenters. The zero-order valence-corrected chi connectivity index (χ0v) is 39.9. The molecule has 0 aliphatic carbocycles. The third-order valence-electron chi connectivity index (χ3n) is 13.5. The first-order valence-electron chi connectivity index (χ1n) is 23.1. The summed E-state index contributed by atoms with van der Waals surface area (Å²) in [7, 11) is 3.35. The van der Waals surface area contributed by atoms with E-state index in [1.54, 1.807) is 25.3 Å². The lowest BCUT2D eigenvalue weighted by molar-refractivity contribution is -0.155. The van der Waals surface area contributed by atoms with Crippen molar-refractivity contribution in [1.82, 2.24) is 45.0 Å². The summed E-state index contributed by atoms with van der Waals surface area (Å²) >= 11 is 1.43. The van der Waals surface area contributed by atoms with E-state index in [-0.39, 0.29) is 37.1 Å². The number of hydrogen-bond donors (Lipinski definition) is 2. The van der Waals surface area contributed by atoms with E-state index < -0.39 is 41.3 Å². The maximum absolute atomic E-state index is 14.7. The van der Waals surface area contributed by atoms with Crippen molar-refractivity contribution in [2.75, 3.05) is 66.7 Å². The Morgan fingerprint density at radius 2 is 1.94 bits per heavy atom. The van der Waals surface area contributed by atoms with E-state index in [1.165, 1.54) is 21.2 Å². The zero-order valence-electron chi connectivity index (χ0n) is 39.1. The quantitative estimate of drug-likeness (QED) is 0.221. The van der Waals surface area contributed by atoms with Crippen LogP contribution in [0, 0.1) is 11.3 Å². The molecular weight excluding hydrogens is 847 g/mol. The second-order valence-corrected chi connectivity index (χ2v) is 20.0. The van der Waals surface area contributed by atoms with Gasteiger partial charge in [-0.15, -0.1) is 11.3 Å². The molecule has 4 amide bonds. The molecule has 3 saturated heterocycles. The topological polar surface area (TPSA) is 164 Å². The van der Waals surface area contributed by atoms with Crippen molar-refractivity contribution in [3.8, 4) is 22.5 Å². The van der Waals surface area contributed by atoms with Crippen LogP contribution >= 0.6 is 11.3 Å². The van der Waals surface area contributed by atoms with Crippen LogP contribution in [-0.4, -0.2) is 149 Å². The van der Waals surface area contributed by atoms with Crippen LogP contribution in [0.3, 0.4) is 0 Å². The number of carbonyl (C=O) groups is 4. The van der Waals surface area contributed by atoms with Gasteiger partial charge in [0.05, 0.1) is 54.1 Å². The van der Waals surface area contributed by atoms with E-state index in [0.29, 0.717) is 63.7 Å². The minimum Gasteiger partial charge on any atom is -0.464 e. The van der Waals surface area contributed by atoms with Crippen LogP contribution in [0.4, 0.5) is 4.79 Å². The van der Waals surface area contributed by atoms with Crippen LogP contribution in [0.15, 0.2) is 41.9 Å². The van der Waals surface area contributed by atoms with Gasteiger partial charge in [0, 0.05) is 98.9 Å². The predicted molar refractivity (Wildman–Crippen MR) is 249 cm³/mol. The average molecular weight is 912 g/mol. The Bertz CT molecular complexity index is 2400. The van der Waals surface area contributed by atoms with Crippen LogP contribution < -0.4 is 10.7 Å². The van der Waals surface area contributed by atoms with Crippen LogP contribution in [0.5, 0.6) is 0 Å². The maximum Gasteiger partial charge on any atom is 0.324 e. The number of benzene rings is 1. The third kappa shape index (κ3) is 9.66. The molecule has 65 heavy (non-hydrogen) atoms. The number of nitrogens with zero attached hydrogens (tertiary/aromatic N) is 7. The number of fused-ring (bicyclic) bond motifs is 7. The summed E-state index contributed by atoms with van der Waals surface area (Å²) < 4.78 is 20.0. The third-order valence-corrected chi connectivity index (χ3v) is 14.4. The van der Waals surface area contributed by atoms with Crippen molar-refractivity contribution >= 4 is 46.1 Å². The number of nitrogens with one attached hydrogen (secondary N) is 2. The molecule has 2 N–H and O–H groups in total. The van der Waals surface area contributed by atoms with Gasteiger partial charge in [0.2, 0.25) is 5.91 Å². The molecule has 350 valence electrons. The van der Waals surface area contributed by atoms with Crippen molar-refractivity contribution in [2.45, 2.75) is 104 Å². The number of carbonyl (C=O) groups excluding carboxylic acids is 4. The zero-order chi connectivity index (χ0) is 46.2.